The van der Waals surface area contributed by atoms with Crippen molar-refractivity contribution in [2.75, 3.05) is 18.4 Å². The van der Waals surface area contributed by atoms with Crippen molar-refractivity contribution >= 4 is 45.8 Å². The number of epoxide rings is 1. The van der Waals surface area contributed by atoms with Gasteiger partial charge in [0.15, 0.2) is 0 Å². The number of halogens is 3. The molecule has 3 unspecified atom stereocenters. The number of allylic oxidation sites excluding steroid dienone is 2. The van der Waals surface area contributed by atoms with Gasteiger partial charge in [-0.25, -0.2) is 0 Å². The summed E-state index contributed by atoms with van der Waals surface area (Å²) < 4.78 is 9.63. The molecule has 2 heterocycles. The van der Waals surface area contributed by atoms with E-state index in [-0.39, 0.29) is 27.4 Å². The van der Waals surface area contributed by atoms with Crippen molar-refractivity contribution in [2.24, 2.45) is 11.7 Å². The van der Waals surface area contributed by atoms with Gasteiger partial charge >= 0.3 is 225 Å². The fourth-order valence-electron chi connectivity index (χ4n) is 3.65. The van der Waals surface area contributed by atoms with Crippen LogP contribution in [0.1, 0.15) is 17.5 Å². The van der Waals surface area contributed by atoms with Gasteiger partial charge in [-0.05, 0) is 0 Å². The third-order valence-electron chi connectivity index (χ3n) is 5.52. The normalized spacial score (nSPS) is 23.5. The number of nitrogens with one attached hydrogen (secondary N) is 2. The van der Waals surface area contributed by atoms with Gasteiger partial charge in [0.25, 0.3) is 0 Å². The third kappa shape index (κ3) is 6.30. The molecule has 0 bridgehead atoms. The molecule has 1 amide bonds. The molecule has 1 fully saturated rings. The van der Waals surface area contributed by atoms with Crippen LogP contribution in [0, 0.1) is 16.4 Å². The molecule has 3 atom stereocenters. The molecule has 4 rings (SSSR count). The summed E-state index contributed by atoms with van der Waals surface area (Å²) in [6.07, 6.45) is 10.3. The minimum absolute atomic E-state index is 0.217. The first-order valence-electron chi connectivity index (χ1n) is 10.6. The summed E-state index contributed by atoms with van der Waals surface area (Å²) in [5, 5.41) is 7.23. The van der Waals surface area contributed by atoms with Gasteiger partial charge in [-0.3, -0.25) is 0 Å². The fourth-order valence-corrected chi connectivity index (χ4v) is 6.98. The molecule has 1 saturated heterocycles. The molecule has 1 aromatic rings. The van der Waals surface area contributed by atoms with Crippen LogP contribution >= 0.6 is 34.2 Å². The van der Waals surface area contributed by atoms with Crippen molar-refractivity contribution in [1.29, 1.82) is 0 Å². The summed E-state index contributed by atoms with van der Waals surface area (Å²) in [6, 6.07) is 1.88. The predicted octanol–water partition coefficient (Wildman–Crippen LogP) is 0.969. The van der Waals surface area contributed by atoms with Crippen LogP contribution in [0.4, 0.5) is 5.69 Å². The molecule has 1 aliphatic carbocycles. The first kappa shape index (κ1) is 25.0. The Morgan fingerprint density at radius 1 is 1.48 bits per heavy atom. The topological polar surface area (TPSA) is 82.9 Å². The molecule has 0 spiro atoms. The van der Waals surface area contributed by atoms with Gasteiger partial charge in [0.1, 0.15) is 0 Å². The van der Waals surface area contributed by atoms with Crippen molar-refractivity contribution in [3.63, 3.8) is 0 Å². The van der Waals surface area contributed by atoms with Crippen LogP contribution in [0.15, 0.2) is 58.0 Å². The zero-order chi connectivity index (χ0) is 23.5. The number of benzene rings is 1. The number of rotatable bonds is 9. The van der Waals surface area contributed by atoms with Crippen molar-refractivity contribution in [1.82, 2.24) is 8.43 Å². The van der Waals surface area contributed by atoms with Crippen LogP contribution in [-0.4, -0.2) is 34.4 Å². The molecule has 4 N–H and O–H groups in total. The zero-order valence-corrected chi connectivity index (χ0v) is 23.3. The average Bonchev–Trinajstić information content (AvgIpc) is 3.43. The molecule has 2 aliphatic heterocycles. The molecule has 9 heteroatoms. The molecule has 1 aromatic carbocycles. The van der Waals surface area contributed by atoms with Crippen molar-refractivity contribution < 1.29 is 31.0 Å². The first-order valence-corrected chi connectivity index (χ1v) is 14.1. The van der Waals surface area contributed by atoms with E-state index in [9.17, 15) is 4.79 Å². The van der Waals surface area contributed by atoms with Crippen LogP contribution in [-0.2, 0) is 16.1 Å². The van der Waals surface area contributed by atoms with Gasteiger partial charge in [-0.1, -0.05) is 0 Å². The fraction of sp³-hybridized carbons (Fsp3) is 0.333. The second-order valence-corrected chi connectivity index (χ2v) is 12.6. The summed E-state index contributed by atoms with van der Waals surface area (Å²) in [5.74, 6) is 0.183. The number of aryl methyl sites for hydroxylation is 1. The zero-order valence-electron chi connectivity index (χ0n) is 18.2. The Hall–Kier alpha value is -1.14. The Kier molecular flexibility index (Phi) is 8.37. The predicted molar refractivity (Wildman–Crippen MR) is 136 cm³/mol. The SMILES string of the molecule is C=C1[I-]N(Cc2c(I)c(Cl)cc(C)c2NC(=O)C2OC2N)C=C1CCNCC1C=C=CC=C1. The van der Waals surface area contributed by atoms with E-state index in [0.717, 1.165) is 39.9 Å². The average molecular weight is 692 g/mol. The number of amides is 1. The summed E-state index contributed by atoms with van der Waals surface area (Å²) in [6.45, 7) is 8.75. The molecular formula is C24H26ClI2N4O2-. The maximum absolute atomic E-state index is 12.5. The van der Waals surface area contributed by atoms with Gasteiger partial charge in [-0.15, -0.1) is 0 Å². The van der Waals surface area contributed by atoms with E-state index in [2.05, 4.69) is 67.0 Å². The number of anilines is 1. The monoisotopic (exact) mass is 691 g/mol. The van der Waals surface area contributed by atoms with Crippen LogP contribution in [0.5, 0.6) is 0 Å². The van der Waals surface area contributed by atoms with E-state index >= 15 is 0 Å². The van der Waals surface area contributed by atoms with Crippen LogP contribution in [0.3, 0.4) is 0 Å². The van der Waals surface area contributed by atoms with E-state index in [4.69, 9.17) is 22.1 Å². The number of carbonyl (C=O) groups excluding carboxylic acids is 1. The Labute approximate surface area is 223 Å². The molecule has 176 valence electrons. The van der Waals surface area contributed by atoms with Gasteiger partial charge in [0.2, 0.25) is 0 Å². The summed E-state index contributed by atoms with van der Waals surface area (Å²) in [4.78, 5) is 12.5. The Morgan fingerprint density at radius 3 is 2.97 bits per heavy atom. The van der Waals surface area contributed by atoms with Gasteiger partial charge < -0.3 is 0 Å². The van der Waals surface area contributed by atoms with E-state index in [0.29, 0.717) is 17.5 Å². The van der Waals surface area contributed by atoms with Crippen molar-refractivity contribution in [3.8, 4) is 0 Å². The van der Waals surface area contributed by atoms with Crippen molar-refractivity contribution in [3.05, 3.63) is 77.8 Å². The first-order chi connectivity index (χ1) is 15.8. The van der Waals surface area contributed by atoms with Crippen LogP contribution < -0.4 is 37.8 Å². The number of nitrogens with zero attached hydrogens (tertiary/aromatic N) is 1. The van der Waals surface area contributed by atoms with E-state index in [1.807, 2.05) is 25.1 Å². The number of hydrogen-bond acceptors (Lipinski definition) is 5. The van der Waals surface area contributed by atoms with E-state index < -0.39 is 12.3 Å². The maximum atomic E-state index is 12.5. The summed E-state index contributed by atoms with van der Waals surface area (Å²) in [5.41, 5.74) is 12.8. The second kappa shape index (κ2) is 11.1. The quantitative estimate of drug-likeness (QED) is 0.118. The van der Waals surface area contributed by atoms with Gasteiger partial charge in [-0.2, -0.15) is 0 Å². The summed E-state index contributed by atoms with van der Waals surface area (Å²) in [7, 11) is 0. The molecular weight excluding hydrogens is 666 g/mol. The Bertz CT molecular complexity index is 1090. The van der Waals surface area contributed by atoms with E-state index in [1.54, 1.807) is 0 Å². The Morgan fingerprint density at radius 2 is 2.27 bits per heavy atom. The van der Waals surface area contributed by atoms with Gasteiger partial charge in [0, 0.05) is 0 Å². The molecule has 6 nitrogen and oxygen atoms in total. The number of nitrogens with two attached hydrogens (primary N) is 1. The molecule has 0 aromatic heterocycles. The number of carbonyl (C=O) groups is 1. The van der Waals surface area contributed by atoms with Gasteiger partial charge in [0.05, 0.1) is 0 Å². The standard InChI is InChI=1S/C24H26ClI2N4O2/c1-14-10-19(25)20(26)18(21(14)30-24(32)22-23(28)33-22)13-31-12-17(15(2)27-31)8-9-29-11-16-6-4-3-5-7-16/h3-4,6-7,10,12,16,22-23,29H,2,8-9,11,13,28H2,1H3,(H,30,32)/q-1. The van der Waals surface area contributed by atoms with Crippen molar-refractivity contribution in [2.45, 2.75) is 32.2 Å². The molecule has 3 aliphatic rings. The second-order valence-electron chi connectivity index (χ2n) is 8.06. The van der Waals surface area contributed by atoms with E-state index in [1.165, 1.54) is 9.15 Å². The third-order valence-corrected chi connectivity index (χ3v) is 9.89. The van der Waals surface area contributed by atoms with Crippen LogP contribution in [0.2, 0.25) is 5.02 Å². The molecule has 33 heavy (non-hydrogen) atoms. The molecule has 0 saturated carbocycles. The number of ether oxygens (including phenoxy) is 1. The number of hydrogen-bond donors (Lipinski definition) is 3. The summed E-state index contributed by atoms with van der Waals surface area (Å²) >= 11 is 8.36. The molecule has 0 radical (unpaired) electrons. The Balaban J connectivity index is 1.40. The minimum atomic E-state index is -0.584. The van der Waals surface area contributed by atoms with Crippen LogP contribution in [0.25, 0.3) is 0 Å².